The molecule has 1 aromatic rings. The summed E-state index contributed by atoms with van der Waals surface area (Å²) in [6, 6.07) is 5.39. The molecule has 0 aliphatic carbocycles. The molecule has 0 aromatic carbocycles. The van der Waals surface area contributed by atoms with Gasteiger partial charge in [0.05, 0.1) is 5.69 Å². The Hall–Kier alpha value is -0.740. The van der Waals surface area contributed by atoms with E-state index in [-0.39, 0.29) is 5.17 Å². The highest BCUT2D eigenvalue weighted by Crippen LogP contribution is 2.11. The Balaban J connectivity index is 2.57. The lowest BCUT2D eigenvalue weighted by Crippen LogP contribution is -2.04. The number of aromatic nitrogens is 1. The smallest absolute Gasteiger partial charge is 0.151 e. The zero-order chi connectivity index (χ0) is 8.97. The molecule has 0 atom stereocenters. The highest BCUT2D eigenvalue weighted by atomic mass is 35.5. The average molecular weight is 202 g/mol. The molecule has 1 rings (SSSR count). The molecular weight excluding hydrogens is 194 g/mol. The SMILES string of the molecule is N=C(N)SCc1cccc(Cl)n1. The Kier molecular flexibility index (Phi) is 3.37. The maximum absolute atomic E-state index is 6.98. The number of nitrogens with one attached hydrogen (secondary N) is 1. The van der Waals surface area contributed by atoms with Crippen LogP contribution in [0.1, 0.15) is 5.69 Å². The average Bonchev–Trinajstić information content (AvgIpc) is 2.01. The Morgan fingerprint density at radius 2 is 2.42 bits per heavy atom. The molecule has 64 valence electrons. The van der Waals surface area contributed by atoms with Crippen LogP contribution in [0, 0.1) is 5.41 Å². The second kappa shape index (κ2) is 4.33. The summed E-state index contributed by atoms with van der Waals surface area (Å²) in [4.78, 5) is 4.04. The lowest BCUT2D eigenvalue weighted by atomic mass is 10.4. The Bertz CT molecular complexity index is 290. The number of thioether (sulfide) groups is 1. The third-order valence-corrected chi connectivity index (χ3v) is 2.11. The standard InChI is InChI=1S/C7H8ClN3S/c8-6-3-1-2-5(11-6)4-12-7(9)10/h1-3H,4H2,(H3,9,10). The fourth-order valence-corrected chi connectivity index (χ4v) is 1.33. The van der Waals surface area contributed by atoms with Crippen LogP contribution in [-0.4, -0.2) is 10.2 Å². The molecule has 1 aromatic heterocycles. The van der Waals surface area contributed by atoms with Crippen molar-refractivity contribution in [2.45, 2.75) is 5.75 Å². The van der Waals surface area contributed by atoms with Crippen LogP contribution in [-0.2, 0) is 5.75 Å². The summed E-state index contributed by atoms with van der Waals surface area (Å²) in [6.07, 6.45) is 0. The number of rotatable bonds is 2. The van der Waals surface area contributed by atoms with E-state index < -0.39 is 0 Å². The number of amidine groups is 1. The largest absolute Gasteiger partial charge is 0.379 e. The molecule has 0 radical (unpaired) electrons. The molecule has 0 saturated carbocycles. The van der Waals surface area contributed by atoms with E-state index in [1.54, 1.807) is 6.07 Å². The zero-order valence-electron chi connectivity index (χ0n) is 6.25. The third kappa shape index (κ3) is 3.11. The van der Waals surface area contributed by atoms with Gasteiger partial charge in [0.2, 0.25) is 0 Å². The number of hydrogen-bond acceptors (Lipinski definition) is 3. The molecule has 0 saturated heterocycles. The van der Waals surface area contributed by atoms with Gasteiger partial charge in [0.1, 0.15) is 5.15 Å². The first-order valence-electron chi connectivity index (χ1n) is 3.27. The van der Waals surface area contributed by atoms with Crippen LogP contribution in [0.15, 0.2) is 18.2 Å². The molecule has 3 N–H and O–H groups in total. The summed E-state index contributed by atoms with van der Waals surface area (Å²) in [5.41, 5.74) is 6.00. The van der Waals surface area contributed by atoms with Gasteiger partial charge in [-0.05, 0) is 12.1 Å². The van der Waals surface area contributed by atoms with Crippen LogP contribution in [0.4, 0.5) is 0 Å². The van der Waals surface area contributed by atoms with E-state index in [9.17, 15) is 0 Å². The molecule has 12 heavy (non-hydrogen) atoms. The van der Waals surface area contributed by atoms with Crippen LogP contribution in [0.2, 0.25) is 5.15 Å². The molecule has 0 spiro atoms. The van der Waals surface area contributed by atoms with Crippen LogP contribution in [0.3, 0.4) is 0 Å². The monoisotopic (exact) mass is 201 g/mol. The lowest BCUT2D eigenvalue weighted by Gasteiger charge is -1.98. The van der Waals surface area contributed by atoms with Gasteiger partial charge in [-0.15, -0.1) is 0 Å². The number of hydrogen-bond donors (Lipinski definition) is 2. The Morgan fingerprint density at radius 3 is 3.00 bits per heavy atom. The fraction of sp³-hybridized carbons (Fsp3) is 0.143. The summed E-state index contributed by atoms with van der Waals surface area (Å²) in [5, 5.41) is 7.54. The second-order valence-corrected chi connectivity index (χ2v) is 3.51. The normalized spacial score (nSPS) is 9.75. The summed E-state index contributed by atoms with van der Waals surface area (Å²) in [5.74, 6) is 0.593. The maximum atomic E-state index is 6.98. The first-order valence-corrected chi connectivity index (χ1v) is 4.63. The summed E-state index contributed by atoms with van der Waals surface area (Å²) >= 11 is 6.89. The topological polar surface area (TPSA) is 62.8 Å². The molecule has 0 aliphatic heterocycles. The first kappa shape index (κ1) is 9.35. The van der Waals surface area contributed by atoms with Gasteiger partial charge in [0.25, 0.3) is 0 Å². The van der Waals surface area contributed by atoms with E-state index in [2.05, 4.69) is 4.98 Å². The molecule has 0 fully saturated rings. The number of halogens is 1. The quantitative estimate of drug-likeness (QED) is 0.436. The third-order valence-electron chi connectivity index (χ3n) is 1.15. The van der Waals surface area contributed by atoms with Gasteiger partial charge in [0, 0.05) is 5.75 Å². The fourth-order valence-electron chi connectivity index (χ4n) is 0.682. The van der Waals surface area contributed by atoms with E-state index in [4.69, 9.17) is 22.7 Å². The lowest BCUT2D eigenvalue weighted by molar-refractivity contribution is 1.18. The highest BCUT2D eigenvalue weighted by molar-refractivity contribution is 8.13. The predicted octanol–water partition coefficient (Wildman–Crippen LogP) is 1.86. The van der Waals surface area contributed by atoms with Crippen molar-refractivity contribution in [2.24, 2.45) is 5.73 Å². The molecule has 0 aliphatic rings. The van der Waals surface area contributed by atoms with Crippen molar-refractivity contribution >= 4 is 28.5 Å². The van der Waals surface area contributed by atoms with E-state index in [0.29, 0.717) is 10.9 Å². The summed E-state index contributed by atoms with van der Waals surface area (Å²) in [7, 11) is 0. The first-order chi connectivity index (χ1) is 5.68. The number of nitrogens with two attached hydrogens (primary N) is 1. The van der Waals surface area contributed by atoms with Gasteiger partial charge in [-0.2, -0.15) is 0 Å². The second-order valence-electron chi connectivity index (χ2n) is 2.10. The summed E-state index contributed by atoms with van der Waals surface area (Å²) < 4.78 is 0. The highest BCUT2D eigenvalue weighted by Gasteiger charge is 1.96. The van der Waals surface area contributed by atoms with Crippen molar-refractivity contribution in [3.05, 3.63) is 29.0 Å². The van der Waals surface area contributed by atoms with Crippen molar-refractivity contribution in [1.82, 2.24) is 4.98 Å². The molecule has 3 nitrogen and oxygen atoms in total. The zero-order valence-corrected chi connectivity index (χ0v) is 7.82. The van der Waals surface area contributed by atoms with Gasteiger partial charge in [0.15, 0.2) is 5.17 Å². The van der Waals surface area contributed by atoms with Crippen molar-refractivity contribution in [3.8, 4) is 0 Å². The van der Waals surface area contributed by atoms with Crippen molar-refractivity contribution in [1.29, 1.82) is 5.41 Å². The Labute approximate surface area is 79.8 Å². The minimum absolute atomic E-state index is 0.0942. The minimum atomic E-state index is 0.0942. The van der Waals surface area contributed by atoms with Crippen LogP contribution < -0.4 is 5.73 Å². The van der Waals surface area contributed by atoms with Crippen LogP contribution in [0.5, 0.6) is 0 Å². The van der Waals surface area contributed by atoms with Gasteiger partial charge in [-0.3, -0.25) is 5.41 Å². The molecule has 0 bridgehead atoms. The van der Waals surface area contributed by atoms with Gasteiger partial charge >= 0.3 is 0 Å². The van der Waals surface area contributed by atoms with Crippen molar-refractivity contribution in [3.63, 3.8) is 0 Å². The van der Waals surface area contributed by atoms with Gasteiger partial charge in [-0.25, -0.2) is 4.98 Å². The van der Waals surface area contributed by atoms with Crippen molar-refractivity contribution < 1.29 is 0 Å². The molecular formula is C7H8ClN3S. The van der Waals surface area contributed by atoms with E-state index >= 15 is 0 Å². The summed E-state index contributed by atoms with van der Waals surface area (Å²) in [6.45, 7) is 0. The van der Waals surface area contributed by atoms with E-state index in [1.807, 2.05) is 12.1 Å². The molecule has 1 heterocycles. The Morgan fingerprint density at radius 1 is 1.67 bits per heavy atom. The molecule has 0 unspecified atom stereocenters. The molecule has 5 heteroatoms. The van der Waals surface area contributed by atoms with Crippen LogP contribution >= 0.6 is 23.4 Å². The van der Waals surface area contributed by atoms with Gasteiger partial charge < -0.3 is 5.73 Å². The van der Waals surface area contributed by atoms with Crippen molar-refractivity contribution in [2.75, 3.05) is 0 Å². The van der Waals surface area contributed by atoms with E-state index in [1.165, 1.54) is 11.8 Å². The molecule has 0 amide bonds. The van der Waals surface area contributed by atoms with E-state index in [0.717, 1.165) is 5.69 Å². The number of pyridine rings is 1. The minimum Gasteiger partial charge on any atom is -0.379 e. The number of nitrogens with zero attached hydrogens (tertiary/aromatic N) is 1. The predicted molar refractivity (Wildman–Crippen MR) is 52.5 cm³/mol. The maximum Gasteiger partial charge on any atom is 0.151 e. The van der Waals surface area contributed by atoms with Crippen LogP contribution in [0.25, 0.3) is 0 Å². The van der Waals surface area contributed by atoms with Gasteiger partial charge in [-0.1, -0.05) is 29.4 Å².